The molecule has 2 heterocycles. The van der Waals surface area contributed by atoms with E-state index in [0.29, 0.717) is 10.7 Å². The molecule has 3 aromatic rings. The monoisotopic (exact) mass is 262 g/mol. The van der Waals surface area contributed by atoms with Gasteiger partial charge in [-0.25, -0.2) is 4.68 Å². The molecule has 0 atom stereocenters. The number of nitrogens with one attached hydrogen (secondary N) is 2. The Bertz CT molecular complexity index is 799. The van der Waals surface area contributed by atoms with Crippen molar-refractivity contribution in [2.45, 2.75) is 0 Å². The van der Waals surface area contributed by atoms with Crippen LogP contribution in [0.2, 0.25) is 5.02 Å². The number of halogens is 1. The summed E-state index contributed by atoms with van der Waals surface area (Å²) in [6.07, 6.45) is 1.48. The van der Waals surface area contributed by atoms with E-state index < -0.39 is 11.1 Å². The minimum absolute atomic E-state index is 0.0821. The maximum atomic E-state index is 11.5. The van der Waals surface area contributed by atoms with Gasteiger partial charge in [-0.1, -0.05) is 23.7 Å². The van der Waals surface area contributed by atoms with Crippen molar-refractivity contribution in [1.29, 1.82) is 0 Å². The summed E-state index contributed by atoms with van der Waals surface area (Å²) in [6, 6.07) is 7.03. The van der Waals surface area contributed by atoms with E-state index in [1.165, 1.54) is 10.9 Å². The molecule has 0 radical (unpaired) electrons. The molecule has 0 aliphatic carbocycles. The summed E-state index contributed by atoms with van der Waals surface area (Å²) >= 11 is 6.03. The number of benzene rings is 1. The Kier molecular flexibility index (Phi) is 2.31. The van der Waals surface area contributed by atoms with Crippen LogP contribution < -0.4 is 11.1 Å². The van der Waals surface area contributed by atoms with Crippen molar-refractivity contribution in [3.63, 3.8) is 0 Å². The number of hydrogen-bond donors (Lipinski definition) is 2. The standard InChI is InChI=1S/C11H7ClN4O2/c12-7-3-1-2-4-8(7)16-5-6-9(15-16)11(18)14-13-10(6)17/h1-5H,(H,13,17)(H,14,18). The van der Waals surface area contributed by atoms with E-state index in [-0.39, 0.29) is 10.9 Å². The maximum absolute atomic E-state index is 11.5. The van der Waals surface area contributed by atoms with Crippen LogP contribution in [-0.4, -0.2) is 20.0 Å². The molecule has 0 aliphatic heterocycles. The van der Waals surface area contributed by atoms with Gasteiger partial charge in [-0.05, 0) is 12.1 Å². The number of nitrogens with zero attached hydrogens (tertiary/aromatic N) is 2. The van der Waals surface area contributed by atoms with Crippen LogP contribution in [0.5, 0.6) is 0 Å². The Morgan fingerprint density at radius 1 is 1.11 bits per heavy atom. The Hall–Kier alpha value is -2.34. The predicted molar refractivity (Wildman–Crippen MR) is 67.3 cm³/mol. The lowest BCUT2D eigenvalue weighted by Crippen LogP contribution is -2.18. The second-order valence-electron chi connectivity index (χ2n) is 3.70. The molecular formula is C11H7ClN4O2. The molecular weight excluding hydrogens is 256 g/mol. The van der Waals surface area contributed by atoms with Crippen molar-refractivity contribution < 1.29 is 0 Å². The molecule has 0 spiro atoms. The highest BCUT2D eigenvalue weighted by Crippen LogP contribution is 2.19. The van der Waals surface area contributed by atoms with Crippen molar-refractivity contribution in [1.82, 2.24) is 20.0 Å². The average molecular weight is 263 g/mol. The zero-order valence-electron chi connectivity index (χ0n) is 8.98. The van der Waals surface area contributed by atoms with Crippen molar-refractivity contribution in [2.24, 2.45) is 0 Å². The molecule has 2 aromatic heterocycles. The summed E-state index contributed by atoms with van der Waals surface area (Å²) in [4.78, 5) is 23.1. The number of H-pyrrole nitrogens is 2. The van der Waals surface area contributed by atoms with Crippen molar-refractivity contribution in [3.8, 4) is 5.69 Å². The van der Waals surface area contributed by atoms with E-state index >= 15 is 0 Å². The third kappa shape index (κ3) is 1.54. The fourth-order valence-corrected chi connectivity index (χ4v) is 1.93. The highest BCUT2D eigenvalue weighted by Gasteiger charge is 2.10. The SMILES string of the molecule is O=c1[nH][nH]c(=O)c2nn(-c3ccccc3Cl)cc12. The summed E-state index contributed by atoms with van der Waals surface area (Å²) in [5, 5.41) is 9.24. The molecule has 0 unspecified atom stereocenters. The Morgan fingerprint density at radius 2 is 1.83 bits per heavy atom. The number of fused-ring (bicyclic) bond motifs is 1. The number of hydrogen-bond acceptors (Lipinski definition) is 3. The van der Waals surface area contributed by atoms with E-state index in [0.717, 1.165) is 0 Å². The van der Waals surface area contributed by atoms with Gasteiger partial charge >= 0.3 is 0 Å². The summed E-state index contributed by atoms with van der Waals surface area (Å²) in [7, 11) is 0. The largest absolute Gasteiger partial charge is 0.291 e. The normalized spacial score (nSPS) is 10.9. The first kappa shape index (κ1) is 10.8. The Morgan fingerprint density at radius 3 is 2.56 bits per heavy atom. The van der Waals surface area contributed by atoms with Crippen LogP contribution in [-0.2, 0) is 0 Å². The van der Waals surface area contributed by atoms with Crippen LogP contribution in [0, 0.1) is 0 Å². The van der Waals surface area contributed by atoms with E-state index in [2.05, 4.69) is 15.3 Å². The summed E-state index contributed by atoms with van der Waals surface area (Å²) in [6.45, 7) is 0. The zero-order chi connectivity index (χ0) is 12.7. The number of rotatable bonds is 1. The van der Waals surface area contributed by atoms with Crippen molar-refractivity contribution in [2.75, 3.05) is 0 Å². The van der Waals surface area contributed by atoms with Gasteiger partial charge in [0.25, 0.3) is 11.1 Å². The van der Waals surface area contributed by atoms with Gasteiger partial charge in [0, 0.05) is 6.20 Å². The lowest BCUT2D eigenvalue weighted by Gasteiger charge is -2.01. The molecule has 90 valence electrons. The number of aromatic nitrogens is 4. The Labute approximate surface area is 105 Å². The molecule has 2 N–H and O–H groups in total. The molecule has 18 heavy (non-hydrogen) atoms. The second kappa shape index (κ2) is 3.85. The fraction of sp³-hybridized carbons (Fsp3) is 0. The summed E-state index contributed by atoms with van der Waals surface area (Å²) in [5.74, 6) is 0. The van der Waals surface area contributed by atoms with Crippen LogP contribution in [0.3, 0.4) is 0 Å². The van der Waals surface area contributed by atoms with Gasteiger partial charge in [0.1, 0.15) is 0 Å². The minimum atomic E-state index is -0.449. The molecule has 0 aliphatic rings. The lowest BCUT2D eigenvalue weighted by atomic mass is 10.3. The Balaban J connectivity index is 2.37. The van der Waals surface area contributed by atoms with Gasteiger partial charge in [-0.2, -0.15) is 5.10 Å². The zero-order valence-corrected chi connectivity index (χ0v) is 9.73. The molecule has 6 nitrogen and oxygen atoms in total. The molecule has 7 heteroatoms. The van der Waals surface area contributed by atoms with E-state index in [1.807, 2.05) is 0 Å². The van der Waals surface area contributed by atoms with Crippen LogP contribution >= 0.6 is 11.6 Å². The molecule has 1 aromatic carbocycles. The highest BCUT2D eigenvalue weighted by atomic mass is 35.5. The third-order valence-corrected chi connectivity index (χ3v) is 2.88. The predicted octanol–water partition coefficient (Wildman–Crippen LogP) is 1.06. The second-order valence-corrected chi connectivity index (χ2v) is 4.10. The third-order valence-electron chi connectivity index (χ3n) is 2.56. The van der Waals surface area contributed by atoms with Crippen LogP contribution in [0.1, 0.15) is 0 Å². The van der Waals surface area contributed by atoms with Crippen LogP contribution in [0.25, 0.3) is 16.6 Å². The fourth-order valence-electron chi connectivity index (χ4n) is 1.71. The smallest absolute Gasteiger partial charge is 0.267 e. The topological polar surface area (TPSA) is 83.5 Å². The minimum Gasteiger partial charge on any atom is -0.267 e. The molecule has 0 saturated carbocycles. The van der Waals surface area contributed by atoms with Crippen LogP contribution in [0.15, 0.2) is 40.1 Å². The van der Waals surface area contributed by atoms with E-state index in [9.17, 15) is 9.59 Å². The molecule has 0 amide bonds. The summed E-state index contributed by atoms with van der Waals surface area (Å²) in [5.41, 5.74) is -0.161. The molecule has 0 saturated heterocycles. The van der Waals surface area contributed by atoms with Gasteiger partial charge in [0.15, 0.2) is 5.52 Å². The lowest BCUT2D eigenvalue weighted by molar-refractivity contribution is 0.890. The highest BCUT2D eigenvalue weighted by molar-refractivity contribution is 6.32. The van der Waals surface area contributed by atoms with Crippen LogP contribution in [0.4, 0.5) is 0 Å². The van der Waals surface area contributed by atoms with Gasteiger partial charge < -0.3 is 0 Å². The first-order chi connectivity index (χ1) is 8.66. The molecule has 3 rings (SSSR count). The van der Waals surface area contributed by atoms with Gasteiger partial charge in [0.2, 0.25) is 0 Å². The van der Waals surface area contributed by atoms with Crippen molar-refractivity contribution in [3.05, 3.63) is 56.2 Å². The average Bonchev–Trinajstić information content (AvgIpc) is 2.80. The maximum Gasteiger partial charge on any atom is 0.291 e. The van der Waals surface area contributed by atoms with Gasteiger partial charge in [-0.3, -0.25) is 19.8 Å². The summed E-state index contributed by atoms with van der Waals surface area (Å²) < 4.78 is 1.41. The van der Waals surface area contributed by atoms with Gasteiger partial charge in [-0.15, -0.1) is 0 Å². The first-order valence-corrected chi connectivity index (χ1v) is 5.50. The number of aromatic amines is 2. The van der Waals surface area contributed by atoms with Gasteiger partial charge in [0.05, 0.1) is 16.1 Å². The van der Waals surface area contributed by atoms with E-state index in [4.69, 9.17) is 11.6 Å². The number of para-hydroxylation sites is 1. The van der Waals surface area contributed by atoms with Crippen molar-refractivity contribution >= 4 is 22.5 Å². The molecule has 0 bridgehead atoms. The first-order valence-electron chi connectivity index (χ1n) is 5.12. The van der Waals surface area contributed by atoms with E-state index in [1.54, 1.807) is 24.3 Å². The molecule has 0 fully saturated rings. The quantitative estimate of drug-likeness (QED) is 0.688.